The number of hydrogen-bond acceptors (Lipinski definition) is 5. The first-order chi connectivity index (χ1) is 13.4. The fraction of sp³-hybridized carbons (Fsp3) is 0.409. The first-order valence-corrected chi connectivity index (χ1v) is 10.9. The molecule has 2 aromatic carbocycles. The minimum atomic E-state index is -4.05. The predicted octanol–water partition coefficient (Wildman–Crippen LogP) is 3.15. The Morgan fingerprint density at radius 1 is 1.03 bits per heavy atom. The van der Waals surface area contributed by atoms with Crippen LogP contribution in [0.3, 0.4) is 0 Å². The molecule has 0 aromatic heterocycles. The summed E-state index contributed by atoms with van der Waals surface area (Å²) in [6.45, 7) is 8.63. The van der Waals surface area contributed by atoms with Crippen LogP contribution in [0.4, 0.5) is 0 Å². The van der Waals surface area contributed by atoms with Crippen molar-refractivity contribution >= 4 is 16.0 Å². The molecule has 2 aromatic rings. The van der Waals surface area contributed by atoms with Gasteiger partial charge in [0.05, 0.1) is 11.0 Å². The molecule has 0 aliphatic rings. The number of hydrogen-bond donors (Lipinski definition) is 2. The van der Waals surface area contributed by atoms with Crippen LogP contribution in [0.5, 0.6) is 0 Å². The van der Waals surface area contributed by atoms with E-state index in [2.05, 4.69) is 4.72 Å². The zero-order chi connectivity index (χ0) is 21.8. The second-order valence-electron chi connectivity index (χ2n) is 8.14. The maximum atomic E-state index is 12.9. The first kappa shape index (κ1) is 23.1. The van der Waals surface area contributed by atoms with Crippen LogP contribution in [-0.2, 0) is 19.6 Å². The molecule has 0 saturated heterocycles. The van der Waals surface area contributed by atoms with Crippen LogP contribution in [0.2, 0.25) is 0 Å². The number of rotatable bonds is 7. The van der Waals surface area contributed by atoms with E-state index in [0.29, 0.717) is 0 Å². The Bertz CT molecular complexity index is 918. The van der Waals surface area contributed by atoms with E-state index in [0.717, 1.165) is 11.1 Å². The summed E-state index contributed by atoms with van der Waals surface area (Å²) in [5.74, 6) is -1.34. The van der Waals surface area contributed by atoms with Crippen LogP contribution in [0.25, 0.3) is 0 Å². The Morgan fingerprint density at radius 2 is 1.59 bits per heavy atom. The molecule has 0 spiro atoms. The van der Waals surface area contributed by atoms with E-state index in [9.17, 15) is 18.3 Å². The smallest absolute Gasteiger partial charge is 0.327 e. The highest BCUT2D eigenvalue weighted by atomic mass is 32.2. The van der Waals surface area contributed by atoms with E-state index >= 15 is 0 Å². The SMILES string of the molecule is Cc1ccc(S(=O)(=O)N[C@@H](C(=O)OC(C)(C)C)[C@@H](O)[C@H](C)c2ccccc2)cc1. The van der Waals surface area contributed by atoms with Gasteiger partial charge in [-0.05, 0) is 45.4 Å². The van der Waals surface area contributed by atoms with Gasteiger partial charge in [-0.15, -0.1) is 0 Å². The van der Waals surface area contributed by atoms with Crippen LogP contribution in [-0.4, -0.2) is 37.2 Å². The molecule has 6 nitrogen and oxygen atoms in total. The maximum absolute atomic E-state index is 12.9. The molecule has 2 N–H and O–H groups in total. The van der Waals surface area contributed by atoms with Gasteiger partial charge in [0.1, 0.15) is 11.6 Å². The Kier molecular flexibility index (Phi) is 7.21. The monoisotopic (exact) mass is 419 g/mol. The molecule has 158 valence electrons. The molecule has 0 bridgehead atoms. The van der Waals surface area contributed by atoms with Crippen molar-refractivity contribution in [3.8, 4) is 0 Å². The lowest BCUT2D eigenvalue weighted by Crippen LogP contribution is -2.52. The highest BCUT2D eigenvalue weighted by Gasteiger charge is 2.38. The molecule has 0 radical (unpaired) electrons. The second kappa shape index (κ2) is 9.07. The number of esters is 1. The van der Waals surface area contributed by atoms with E-state index < -0.39 is 39.7 Å². The van der Waals surface area contributed by atoms with Crippen LogP contribution in [0.1, 0.15) is 44.7 Å². The first-order valence-electron chi connectivity index (χ1n) is 9.45. The van der Waals surface area contributed by atoms with Crippen molar-refractivity contribution < 1.29 is 23.1 Å². The lowest BCUT2D eigenvalue weighted by Gasteiger charge is -2.30. The van der Waals surface area contributed by atoms with Gasteiger partial charge < -0.3 is 9.84 Å². The highest BCUT2D eigenvalue weighted by molar-refractivity contribution is 7.89. The highest BCUT2D eigenvalue weighted by Crippen LogP contribution is 2.24. The molecule has 0 aliphatic heterocycles. The third-order valence-electron chi connectivity index (χ3n) is 4.45. The minimum absolute atomic E-state index is 0.0104. The second-order valence-corrected chi connectivity index (χ2v) is 9.85. The van der Waals surface area contributed by atoms with E-state index in [4.69, 9.17) is 4.74 Å². The van der Waals surface area contributed by atoms with Gasteiger partial charge >= 0.3 is 5.97 Å². The number of carbonyl (C=O) groups excluding carboxylic acids is 1. The molecule has 0 fully saturated rings. The van der Waals surface area contributed by atoms with Gasteiger partial charge in [0.25, 0.3) is 0 Å². The van der Waals surface area contributed by atoms with Crippen molar-refractivity contribution in [3.63, 3.8) is 0 Å². The minimum Gasteiger partial charge on any atom is -0.459 e. The van der Waals surface area contributed by atoms with Crippen molar-refractivity contribution in [2.24, 2.45) is 0 Å². The van der Waals surface area contributed by atoms with Crippen molar-refractivity contribution in [1.29, 1.82) is 0 Å². The van der Waals surface area contributed by atoms with Crippen LogP contribution >= 0.6 is 0 Å². The Balaban J connectivity index is 2.36. The van der Waals surface area contributed by atoms with Gasteiger partial charge in [-0.2, -0.15) is 4.72 Å². The summed E-state index contributed by atoms with van der Waals surface area (Å²) in [5, 5.41) is 10.9. The summed E-state index contributed by atoms with van der Waals surface area (Å²) in [6.07, 6.45) is -1.33. The number of benzene rings is 2. The van der Waals surface area contributed by atoms with Crippen LogP contribution < -0.4 is 4.72 Å². The number of sulfonamides is 1. The molecular weight excluding hydrogens is 390 g/mol. The van der Waals surface area contributed by atoms with Crippen molar-refractivity contribution in [1.82, 2.24) is 4.72 Å². The maximum Gasteiger partial charge on any atom is 0.327 e. The van der Waals surface area contributed by atoms with Gasteiger partial charge in [-0.3, -0.25) is 4.79 Å². The average Bonchev–Trinajstić information content (AvgIpc) is 2.64. The van der Waals surface area contributed by atoms with Crippen molar-refractivity contribution in [2.75, 3.05) is 0 Å². The van der Waals surface area contributed by atoms with Gasteiger partial charge in [-0.25, -0.2) is 8.42 Å². The average molecular weight is 420 g/mol. The third kappa shape index (κ3) is 6.39. The summed E-state index contributed by atoms with van der Waals surface area (Å²) >= 11 is 0. The van der Waals surface area contributed by atoms with E-state index in [-0.39, 0.29) is 4.90 Å². The van der Waals surface area contributed by atoms with E-state index in [1.807, 2.05) is 37.3 Å². The molecule has 2 rings (SSSR count). The lowest BCUT2D eigenvalue weighted by atomic mass is 9.91. The molecule has 29 heavy (non-hydrogen) atoms. The Labute approximate surface area is 173 Å². The summed E-state index contributed by atoms with van der Waals surface area (Å²) in [5.41, 5.74) is 0.855. The Morgan fingerprint density at radius 3 is 2.10 bits per heavy atom. The molecule has 0 unspecified atom stereocenters. The fourth-order valence-electron chi connectivity index (χ4n) is 2.82. The summed E-state index contributed by atoms with van der Waals surface area (Å²) < 4.78 is 33.4. The number of carbonyl (C=O) groups is 1. The zero-order valence-electron chi connectivity index (χ0n) is 17.4. The fourth-order valence-corrected chi connectivity index (χ4v) is 4.02. The summed E-state index contributed by atoms with van der Waals surface area (Å²) in [6, 6.07) is 13.9. The van der Waals surface area contributed by atoms with Gasteiger partial charge in [0.2, 0.25) is 10.0 Å². The predicted molar refractivity (Wildman–Crippen MR) is 112 cm³/mol. The van der Waals surface area contributed by atoms with Crippen molar-refractivity contribution in [2.45, 2.75) is 63.2 Å². The number of ether oxygens (including phenoxy) is 1. The van der Waals surface area contributed by atoms with Gasteiger partial charge in [-0.1, -0.05) is 55.0 Å². The van der Waals surface area contributed by atoms with Gasteiger partial charge in [0.15, 0.2) is 0 Å². The topological polar surface area (TPSA) is 92.7 Å². The normalized spacial score (nSPS) is 15.4. The quantitative estimate of drug-likeness (QED) is 0.673. The zero-order valence-corrected chi connectivity index (χ0v) is 18.2. The number of aliphatic hydroxyl groups excluding tert-OH is 1. The summed E-state index contributed by atoms with van der Waals surface area (Å²) in [4.78, 5) is 12.8. The van der Waals surface area contributed by atoms with Crippen molar-refractivity contribution in [3.05, 3.63) is 65.7 Å². The lowest BCUT2D eigenvalue weighted by molar-refractivity contribution is -0.160. The number of nitrogens with one attached hydrogen (secondary N) is 1. The molecule has 7 heteroatoms. The van der Waals surface area contributed by atoms with E-state index in [1.165, 1.54) is 12.1 Å². The van der Waals surface area contributed by atoms with Crippen LogP contribution in [0.15, 0.2) is 59.5 Å². The Hall–Kier alpha value is -2.22. The molecule has 0 aliphatic carbocycles. The van der Waals surface area contributed by atoms with E-state index in [1.54, 1.807) is 39.8 Å². The van der Waals surface area contributed by atoms with Gasteiger partial charge in [0, 0.05) is 5.92 Å². The molecule has 3 atom stereocenters. The molecule has 0 amide bonds. The molecule has 0 saturated carbocycles. The molecular formula is C22H29NO5S. The van der Waals surface area contributed by atoms with Crippen LogP contribution in [0, 0.1) is 6.92 Å². The third-order valence-corrected chi connectivity index (χ3v) is 5.91. The number of aliphatic hydroxyl groups is 1. The largest absolute Gasteiger partial charge is 0.459 e. The number of aryl methyl sites for hydroxylation is 1. The summed E-state index contributed by atoms with van der Waals surface area (Å²) in [7, 11) is -4.05. The molecule has 0 heterocycles. The standard InChI is InChI=1S/C22H29NO5S/c1-15-11-13-18(14-12-15)29(26,27)23-19(21(25)28-22(3,4)5)20(24)16(2)17-9-7-6-8-10-17/h6-14,16,19-20,23-24H,1-5H3/t16-,19-,20+/m1/s1.